The summed E-state index contributed by atoms with van der Waals surface area (Å²) in [5, 5.41) is 2.80. The van der Waals surface area contributed by atoms with Crippen molar-refractivity contribution in [2.75, 3.05) is 13.2 Å². The van der Waals surface area contributed by atoms with Crippen molar-refractivity contribution in [3.63, 3.8) is 0 Å². The number of fused-ring (bicyclic) bond motifs is 1. The first-order chi connectivity index (χ1) is 5.20. The van der Waals surface area contributed by atoms with Gasteiger partial charge in [-0.15, -0.1) is 12.4 Å². The van der Waals surface area contributed by atoms with Gasteiger partial charge in [0.25, 0.3) is 5.92 Å². The summed E-state index contributed by atoms with van der Waals surface area (Å²) in [5.41, 5.74) is 0. The van der Waals surface area contributed by atoms with Crippen molar-refractivity contribution in [2.24, 2.45) is 0 Å². The fraction of sp³-hybridized carbons (Fsp3) is 1.00. The third-order valence-corrected chi connectivity index (χ3v) is 2.39. The van der Waals surface area contributed by atoms with Crippen LogP contribution in [0.15, 0.2) is 0 Å². The Hall–Kier alpha value is 0.0700. The summed E-state index contributed by atoms with van der Waals surface area (Å²) >= 11 is 0. The predicted molar refractivity (Wildman–Crippen MR) is 43.0 cm³/mol. The highest BCUT2D eigenvalue weighted by molar-refractivity contribution is 5.85. The fourth-order valence-electron chi connectivity index (χ4n) is 1.81. The number of halogens is 3. The van der Waals surface area contributed by atoms with Gasteiger partial charge in [-0.05, 0) is 6.42 Å². The van der Waals surface area contributed by atoms with E-state index in [1.165, 1.54) is 0 Å². The summed E-state index contributed by atoms with van der Waals surface area (Å²) in [6.45, 7) is 1.12. The van der Waals surface area contributed by atoms with Gasteiger partial charge in [0.2, 0.25) is 0 Å². The molecule has 5 heteroatoms. The van der Waals surface area contributed by atoms with Crippen molar-refractivity contribution in [3.05, 3.63) is 0 Å². The van der Waals surface area contributed by atoms with Gasteiger partial charge in [0, 0.05) is 13.0 Å². The van der Waals surface area contributed by atoms with E-state index >= 15 is 0 Å². The Morgan fingerprint density at radius 1 is 1.42 bits per heavy atom. The highest BCUT2D eigenvalue weighted by atomic mass is 35.5. The molecule has 12 heavy (non-hydrogen) atoms. The largest absolute Gasteiger partial charge is 0.375 e. The van der Waals surface area contributed by atoms with Crippen LogP contribution in [0.25, 0.3) is 0 Å². The van der Waals surface area contributed by atoms with Crippen molar-refractivity contribution >= 4 is 12.4 Å². The summed E-state index contributed by atoms with van der Waals surface area (Å²) in [7, 11) is 0. The Morgan fingerprint density at radius 3 is 2.83 bits per heavy atom. The number of hydrogen-bond acceptors (Lipinski definition) is 2. The van der Waals surface area contributed by atoms with Crippen LogP contribution in [0.4, 0.5) is 8.78 Å². The molecule has 1 heterocycles. The third-order valence-electron chi connectivity index (χ3n) is 2.39. The van der Waals surface area contributed by atoms with Gasteiger partial charge in [0.1, 0.15) is 0 Å². The molecule has 0 aromatic carbocycles. The Balaban J connectivity index is 0.000000720. The fourth-order valence-corrected chi connectivity index (χ4v) is 1.81. The Kier molecular flexibility index (Phi) is 2.91. The Labute approximate surface area is 76.1 Å². The Bertz CT molecular complexity index is 167. The van der Waals surface area contributed by atoms with E-state index < -0.39 is 12.0 Å². The van der Waals surface area contributed by atoms with Crippen LogP contribution in [0.5, 0.6) is 0 Å². The van der Waals surface area contributed by atoms with Crippen LogP contribution in [0.3, 0.4) is 0 Å². The molecule has 0 aromatic rings. The normalized spacial score (nSPS) is 38.5. The van der Waals surface area contributed by atoms with Gasteiger partial charge in [-0.3, -0.25) is 0 Å². The first-order valence-electron chi connectivity index (χ1n) is 3.93. The molecule has 0 radical (unpaired) electrons. The van der Waals surface area contributed by atoms with Crippen molar-refractivity contribution in [3.8, 4) is 0 Å². The van der Waals surface area contributed by atoms with Crippen molar-refractivity contribution in [1.29, 1.82) is 0 Å². The minimum Gasteiger partial charge on any atom is -0.375 e. The zero-order valence-corrected chi connectivity index (χ0v) is 7.37. The molecule has 0 unspecified atom stereocenters. The van der Waals surface area contributed by atoms with Crippen LogP contribution in [-0.2, 0) is 4.74 Å². The van der Waals surface area contributed by atoms with Crippen LogP contribution >= 0.6 is 12.4 Å². The lowest BCUT2D eigenvalue weighted by atomic mass is 10.1. The minimum atomic E-state index is -2.55. The number of hydrogen-bond donors (Lipinski definition) is 1. The second-order valence-electron chi connectivity index (χ2n) is 3.14. The molecule has 0 amide bonds. The van der Waals surface area contributed by atoms with Crippen LogP contribution in [0, 0.1) is 0 Å². The maximum absolute atomic E-state index is 12.9. The highest BCUT2D eigenvalue weighted by Gasteiger charge is 2.51. The van der Waals surface area contributed by atoms with Crippen LogP contribution < -0.4 is 5.32 Å². The van der Waals surface area contributed by atoms with Gasteiger partial charge in [-0.25, -0.2) is 8.78 Å². The van der Waals surface area contributed by atoms with Gasteiger partial charge >= 0.3 is 0 Å². The lowest BCUT2D eigenvalue weighted by Gasteiger charge is -2.29. The molecule has 2 atom stereocenters. The lowest BCUT2D eigenvalue weighted by molar-refractivity contribution is -0.0723. The summed E-state index contributed by atoms with van der Waals surface area (Å²) in [5.74, 6) is -2.55. The van der Waals surface area contributed by atoms with Crippen molar-refractivity contribution in [1.82, 2.24) is 5.32 Å². The molecular formula is C7H12ClF2NO. The van der Waals surface area contributed by atoms with Gasteiger partial charge in [-0.1, -0.05) is 0 Å². The lowest BCUT2D eigenvalue weighted by Crippen LogP contribution is -2.52. The van der Waals surface area contributed by atoms with Crippen LogP contribution in [-0.4, -0.2) is 31.2 Å². The average molecular weight is 200 g/mol. The molecule has 2 nitrogen and oxygen atoms in total. The second kappa shape index (κ2) is 3.44. The monoisotopic (exact) mass is 199 g/mol. The number of rotatable bonds is 0. The molecule has 2 aliphatic rings. The molecule has 1 saturated heterocycles. The number of morpholine rings is 1. The van der Waals surface area contributed by atoms with E-state index in [-0.39, 0.29) is 24.9 Å². The SMILES string of the molecule is Cl.FC1(F)CC[C@H]2OCCN[C@@H]21. The molecule has 0 aromatic heterocycles. The molecule has 1 aliphatic heterocycles. The molecule has 2 rings (SSSR count). The average Bonchev–Trinajstić information content (AvgIpc) is 2.29. The van der Waals surface area contributed by atoms with Gasteiger partial charge in [0.15, 0.2) is 0 Å². The number of nitrogens with one attached hydrogen (secondary N) is 1. The van der Waals surface area contributed by atoms with E-state index in [1.807, 2.05) is 0 Å². The zero-order chi connectivity index (χ0) is 7.90. The van der Waals surface area contributed by atoms with E-state index in [4.69, 9.17) is 4.74 Å². The first-order valence-corrected chi connectivity index (χ1v) is 3.93. The maximum atomic E-state index is 12.9. The number of ether oxygens (including phenoxy) is 1. The van der Waals surface area contributed by atoms with Gasteiger partial charge < -0.3 is 10.1 Å². The quantitative estimate of drug-likeness (QED) is 0.633. The first kappa shape index (κ1) is 10.2. The van der Waals surface area contributed by atoms with E-state index in [0.717, 1.165) is 0 Å². The minimum absolute atomic E-state index is 0. The van der Waals surface area contributed by atoms with Crippen LogP contribution in [0.2, 0.25) is 0 Å². The van der Waals surface area contributed by atoms with Crippen molar-refractivity contribution < 1.29 is 13.5 Å². The van der Waals surface area contributed by atoms with E-state index in [2.05, 4.69) is 5.32 Å². The third kappa shape index (κ3) is 1.56. The molecule has 72 valence electrons. The number of alkyl halides is 2. The molecule has 0 bridgehead atoms. The zero-order valence-electron chi connectivity index (χ0n) is 6.56. The van der Waals surface area contributed by atoms with Crippen LogP contribution in [0.1, 0.15) is 12.8 Å². The molecule has 0 spiro atoms. The maximum Gasteiger partial charge on any atom is 0.265 e. The van der Waals surface area contributed by atoms with E-state index in [0.29, 0.717) is 19.6 Å². The summed E-state index contributed by atoms with van der Waals surface area (Å²) < 4.78 is 31.1. The highest BCUT2D eigenvalue weighted by Crippen LogP contribution is 2.37. The Morgan fingerprint density at radius 2 is 2.17 bits per heavy atom. The molecule has 2 fully saturated rings. The van der Waals surface area contributed by atoms with Gasteiger partial charge in [-0.2, -0.15) is 0 Å². The van der Waals surface area contributed by atoms with Gasteiger partial charge in [0.05, 0.1) is 18.8 Å². The molecule has 1 aliphatic carbocycles. The smallest absolute Gasteiger partial charge is 0.265 e. The molecular weight excluding hydrogens is 188 g/mol. The predicted octanol–water partition coefficient (Wildman–Crippen LogP) is 1.19. The summed E-state index contributed by atoms with van der Waals surface area (Å²) in [6, 6.07) is -0.726. The second-order valence-corrected chi connectivity index (χ2v) is 3.14. The van der Waals surface area contributed by atoms with E-state index in [9.17, 15) is 8.78 Å². The summed E-state index contributed by atoms with van der Waals surface area (Å²) in [4.78, 5) is 0. The van der Waals surface area contributed by atoms with Crippen molar-refractivity contribution in [2.45, 2.75) is 30.9 Å². The topological polar surface area (TPSA) is 21.3 Å². The standard InChI is InChI=1S/C7H11F2NO.ClH/c8-7(9)2-1-5-6(7)10-3-4-11-5;/h5-6,10H,1-4H2;1H/t5-,6+;/m1./s1. The van der Waals surface area contributed by atoms with E-state index in [1.54, 1.807) is 0 Å². The molecule has 1 saturated carbocycles. The summed E-state index contributed by atoms with van der Waals surface area (Å²) in [6.07, 6.45) is 0.207. The molecule has 1 N–H and O–H groups in total.